The van der Waals surface area contributed by atoms with Gasteiger partial charge in [-0.2, -0.15) is 0 Å². The van der Waals surface area contributed by atoms with Crippen LogP contribution < -0.4 is 0 Å². The molecule has 0 heterocycles. The van der Waals surface area contributed by atoms with Crippen molar-refractivity contribution in [1.82, 2.24) is 0 Å². The van der Waals surface area contributed by atoms with Crippen LogP contribution in [0.15, 0.2) is 0 Å². The first-order valence-corrected chi connectivity index (χ1v) is 33.1. The van der Waals surface area contributed by atoms with E-state index in [4.69, 9.17) is 29.4 Å². The van der Waals surface area contributed by atoms with Gasteiger partial charge in [0, 0.05) is 0 Å². The topological polar surface area (TPSA) is 84.8 Å². The van der Waals surface area contributed by atoms with Crippen LogP contribution in [0.2, 0.25) is 98.2 Å². The first-order valence-electron chi connectivity index (χ1n) is 12.6. The third-order valence-corrected chi connectivity index (χ3v) is 27.6. The summed E-state index contributed by atoms with van der Waals surface area (Å²) in [6.07, 6.45) is -0.625. The van der Waals surface area contributed by atoms with Gasteiger partial charge in [0.05, 0.1) is 12.7 Å². The minimum absolute atomic E-state index is 0.149. The summed E-state index contributed by atoms with van der Waals surface area (Å²) in [4.78, 5) is 0. The summed E-state index contributed by atoms with van der Waals surface area (Å²) in [5.74, 6) is 0. The zero-order valence-electron chi connectivity index (χ0n) is 25.7. The number of hydrogen-bond donors (Lipinski definition) is 1. The molecule has 1 N–H and O–H groups in total. The van der Waals surface area contributed by atoms with Gasteiger partial charge >= 0.3 is 34.5 Å². The molecule has 0 aromatic carbocycles. The van der Waals surface area contributed by atoms with E-state index in [1.165, 1.54) is 0 Å². The summed E-state index contributed by atoms with van der Waals surface area (Å²) < 4.78 is 46.8. The van der Waals surface area contributed by atoms with Gasteiger partial charge in [-0.1, -0.05) is 0 Å². The lowest BCUT2D eigenvalue weighted by molar-refractivity contribution is 0.00468. The van der Waals surface area contributed by atoms with Gasteiger partial charge in [0.2, 0.25) is 0 Å². The van der Waals surface area contributed by atoms with Crippen molar-refractivity contribution in [3.8, 4) is 0 Å². The SMILES string of the molecule is CC(O)COC(C)[Si](O[Si](C)(C)O[Si](C)(C)C)(O[Si](C)(C)O[Si](C)(C)C)O[Si](C)(C)O[Si](C)(C)C. The van der Waals surface area contributed by atoms with Gasteiger partial charge in [-0.3, -0.25) is 0 Å². The Bertz CT molecular complexity index is 581. The van der Waals surface area contributed by atoms with Crippen LogP contribution in [0.4, 0.5) is 0 Å². The maximum atomic E-state index is 9.96. The second-order valence-corrected chi connectivity index (χ2v) is 41.6. The molecule has 0 fully saturated rings. The number of aliphatic hydroxyl groups is 1. The zero-order chi connectivity index (χ0) is 28.3. The van der Waals surface area contributed by atoms with Crippen molar-refractivity contribution in [1.29, 1.82) is 0 Å². The van der Waals surface area contributed by atoms with Crippen molar-refractivity contribution in [2.45, 2.75) is 124 Å². The predicted octanol–water partition coefficient (Wildman–Crippen LogP) is 5.96. The fourth-order valence-electron chi connectivity index (χ4n) is 4.00. The monoisotopic (exact) mass is 620 g/mol. The average Bonchev–Trinajstić information content (AvgIpc) is 2.42. The highest BCUT2D eigenvalue weighted by atomic mass is 28.5. The van der Waals surface area contributed by atoms with Gasteiger partial charge in [-0.05, 0) is 112 Å². The molecule has 2 unspecified atom stereocenters. The van der Waals surface area contributed by atoms with Crippen molar-refractivity contribution in [2.24, 2.45) is 0 Å². The van der Waals surface area contributed by atoms with Crippen LogP contribution in [0, 0.1) is 0 Å². The lowest BCUT2D eigenvalue weighted by Gasteiger charge is -2.48. The Hall–Kier alpha value is 1.20. The lowest BCUT2D eigenvalue weighted by Crippen LogP contribution is -2.70. The first kappa shape index (κ1) is 36.2. The van der Waals surface area contributed by atoms with Crippen molar-refractivity contribution < 1.29 is 34.5 Å². The maximum Gasteiger partial charge on any atom is 0.504 e. The fourth-order valence-corrected chi connectivity index (χ4v) is 35.5. The largest absolute Gasteiger partial charge is 0.504 e. The molecule has 212 valence electrons. The molecule has 8 nitrogen and oxygen atoms in total. The summed E-state index contributed by atoms with van der Waals surface area (Å²) in [6, 6.07) is 0. The molecule has 0 radical (unpaired) electrons. The second-order valence-electron chi connectivity index (χ2n) is 13.6. The van der Waals surface area contributed by atoms with Gasteiger partial charge < -0.3 is 34.5 Å². The van der Waals surface area contributed by atoms with Crippen molar-refractivity contribution >= 4 is 59.4 Å². The Balaban J connectivity index is 6.72. The van der Waals surface area contributed by atoms with Crippen LogP contribution in [-0.4, -0.2) is 83.0 Å². The molecule has 0 spiro atoms. The Morgan fingerprint density at radius 2 is 0.743 bits per heavy atom. The Morgan fingerprint density at radius 3 is 0.943 bits per heavy atom. The first-order chi connectivity index (χ1) is 15.1. The molecule has 0 rings (SSSR count). The van der Waals surface area contributed by atoms with Crippen LogP contribution in [0.3, 0.4) is 0 Å². The Kier molecular flexibility index (Phi) is 13.0. The van der Waals surface area contributed by atoms with Crippen molar-refractivity contribution in [3.63, 3.8) is 0 Å². The highest BCUT2D eigenvalue weighted by Gasteiger charge is 2.60. The van der Waals surface area contributed by atoms with Gasteiger partial charge in [-0.25, -0.2) is 0 Å². The smallest absolute Gasteiger partial charge is 0.437 e. The van der Waals surface area contributed by atoms with Crippen LogP contribution in [0.1, 0.15) is 13.8 Å². The number of aliphatic hydroxyl groups excluding tert-OH is 1. The van der Waals surface area contributed by atoms with Gasteiger partial charge in [0.1, 0.15) is 5.73 Å². The third-order valence-electron chi connectivity index (χ3n) is 3.91. The standard InChI is InChI=1S/C20H56O8Si7/c1-19(21)18-22-20(2)35(26-32(12,13)23-29(3,4)5,27-33(14,15)24-30(6,7)8)28-34(16,17)25-31(9,10)11/h19-21H,18H2,1-17H3. The molecular weight excluding hydrogens is 565 g/mol. The number of ether oxygens (including phenoxy) is 1. The third kappa shape index (κ3) is 16.7. The molecule has 0 aromatic heterocycles. The molecule has 0 aromatic rings. The summed E-state index contributed by atoms with van der Waals surface area (Å²) >= 11 is 0. The highest BCUT2D eigenvalue weighted by Crippen LogP contribution is 2.33. The summed E-state index contributed by atoms with van der Waals surface area (Å²) in [6.45, 7) is 35.4. The van der Waals surface area contributed by atoms with E-state index in [0.717, 1.165) is 0 Å². The summed E-state index contributed by atoms with van der Waals surface area (Å²) in [7, 11) is -17.5. The second kappa shape index (κ2) is 12.6. The molecule has 0 saturated carbocycles. The van der Waals surface area contributed by atoms with Crippen LogP contribution >= 0.6 is 0 Å². The highest BCUT2D eigenvalue weighted by molar-refractivity contribution is 6.93. The minimum Gasteiger partial charge on any atom is -0.437 e. The molecule has 0 bridgehead atoms. The van der Waals surface area contributed by atoms with E-state index < -0.39 is 71.3 Å². The van der Waals surface area contributed by atoms with E-state index in [1.54, 1.807) is 6.92 Å². The van der Waals surface area contributed by atoms with Crippen molar-refractivity contribution in [2.75, 3.05) is 6.61 Å². The van der Waals surface area contributed by atoms with E-state index in [2.05, 4.69) is 58.9 Å². The van der Waals surface area contributed by atoms with Crippen LogP contribution in [0.5, 0.6) is 0 Å². The molecule has 0 amide bonds. The fraction of sp³-hybridized carbons (Fsp3) is 1.00. The van der Waals surface area contributed by atoms with Gasteiger partial charge in [0.25, 0.3) is 0 Å². The van der Waals surface area contributed by atoms with E-state index in [-0.39, 0.29) is 6.61 Å². The predicted molar refractivity (Wildman–Crippen MR) is 162 cm³/mol. The quantitative estimate of drug-likeness (QED) is 0.212. The number of hydrogen-bond acceptors (Lipinski definition) is 8. The average molecular weight is 621 g/mol. The minimum atomic E-state index is -3.63. The molecule has 15 heteroatoms. The molecule has 0 aliphatic rings. The van der Waals surface area contributed by atoms with Gasteiger partial charge in [-0.15, -0.1) is 0 Å². The molecule has 35 heavy (non-hydrogen) atoms. The Labute approximate surface area is 223 Å². The molecule has 0 aliphatic heterocycles. The van der Waals surface area contributed by atoms with Crippen LogP contribution in [0.25, 0.3) is 0 Å². The normalized spacial score (nSPS) is 17.0. The molecular formula is C20H56O8Si7. The lowest BCUT2D eigenvalue weighted by atomic mass is 10.4. The van der Waals surface area contributed by atoms with E-state index in [9.17, 15) is 5.11 Å². The van der Waals surface area contributed by atoms with E-state index >= 15 is 0 Å². The summed E-state index contributed by atoms with van der Waals surface area (Å²) in [5.41, 5.74) is -0.539. The molecule has 2 atom stereocenters. The van der Waals surface area contributed by atoms with Crippen LogP contribution in [-0.2, 0) is 29.4 Å². The Morgan fingerprint density at radius 1 is 0.486 bits per heavy atom. The number of rotatable bonds is 16. The molecule has 0 saturated heterocycles. The molecule has 0 aliphatic carbocycles. The van der Waals surface area contributed by atoms with E-state index in [1.807, 2.05) is 46.2 Å². The van der Waals surface area contributed by atoms with E-state index in [0.29, 0.717) is 0 Å². The maximum absolute atomic E-state index is 9.96. The summed E-state index contributed by atoms with van der Waals surface area (Å²) in [5, 5.41) is 9.96. The van der Waals surface area contributed by atoms with Crippen molar-refractivity contribution in [3.05, 3.63) is 0 Å². The van der Waals surface area contributed by atoms with Gasteiger partial charge in [0.15, 0.2) is 25.0 Å². The zero-order valence-corrected chi connectivity index (χ0v) is 32.7.